The van der Waals surface area contributed by atoms with Crippen molar-refractivity contribution in [2.75, 3.05) is 11.1 Å². The summed E-state index contributed by atoms with van der Waals surface area (Å²) >= 11 is 1.39. The highest BCUT2D eigenvalue weighted by atomic mass is 32.2. The number of carbonyl (C=O) groups is 1. The average Bonchev–Trinajstić information content (AvgIpc) is 3.08. The molecule has 0 aliphatic heterocycles. The number of nitrogens with zero attached hydrogens (tertiary/aromatic N) is 1. The molecule has 0 saturated heterocycles. The topological polar surface area (TPSA) is 76.1 Å². The number of nitrogens with one attached hydrogen (secondary N) is 1. The molecule has 1 N–H and O–H groups in total. The molecule has 0 spiro atoms. The fourth-order valence-corrected chi connectivity index (χ4v) is 4.52. The highest BCUT2D eigenvalue weighted by molar-refractivity contribution is 7.91. The van der Waals surface area contributed by atoms with Crippen molar-refractivity contribution >= 4 is 32.2 Å². The van der Waals surface area contributed by atoms with E-state index in [4.69, 9.17) is 0 Å². The van der Waals surface area contributed by atoms with Crippen molar-refractivity contribution in [2.24, 2.45) is 0 Å². The summed E-state index contributed by atoms with van der Waals surface area (Å²) in [6.07, 6.45) is 2.37. The number of amides is 1. The third kappa shape index (κ3) is 5.00. The number of aromatic nitrogens is 1. The SMILES string of the molecule is O=C(CCS(=O)(=O)c1ccccc1)Nc1ncc(Cc2ccccc2)s1. The smallest absolute Gasteiger partial charge is 0.227 e. The van der Waals surface area contributed by atoms with Gasteiger partial charge in [-0.2, -0.15) is 0 Å². The fraction of sp³-hybridized carbons (Fsp3) is 0.158. The Balaban J connectivity index is 1.54. The summed E-state index contributed by atoms with van der Waals surface area (Å²) in [6, 6.07) is 18.1. The molecule has 7 heteroatoms. The first-order valence-electron chi connectivity index (χ1n) is 8.09. The Morgan fingerprint density at radius 1 is 1.00 bits per heavy atom. The van der Waals surface area contributed by atoms with Crippen molar-refractivity contribution in [3.8, 4) is 0 Å². The molecule has 1 amide bonds. The fourth-order valence-electron chi connectivity index (χ4n) is 2.40. The summed E-state index contributed by atoms with van der Waals surface area (Å²) in [5.74, 6) is -0.587. The molecule has 3 aromatic rings. The molecule has 0 atom stereocenters. The molecule has 1 aromatic heterocycles. The molecule has 2 aromatic carbocycles. The van der Waals surface area contributed by atoms with Crippen LogP contribution in [-0.4, -0.2) is 25.1 Å². The van der Waals surface area contributed by atoms with Crippen LogP contribution in [0.1, 0.15) is 16.9 Å². The maximum absolute atomic E-state index is 12.2. The molecular formula is C19H18N2O3S2. The highest BCUT2D eigenvalue weighted by Crippen LogP contribution is 2.21. The minimum Gasteiger partial charge on any atom is -0.302 e. The van der Waals surface area contributed by atoms with Gasteiger partial charge >= 0.3 is 0 Å². The van der Waals surface area contributed by atoms with Gasteiger partial charge in [-0.1, -0.05) is 48.5 Å². The molecule has 0 fully saturated rings. The Labute approximate surface area is 156 Å². The van der Waals surface area contributed by atoms with Crippen molar-refractivity contribution in [1.29, 1.82) is 0 Å². The Morgan fingerprint density at radius 3 is 2.35 bits per heavy atom. The third-order valence-electron chi connectivity index (χ3n) is 3.72. The number of rotatable bonds is 7. The van der Waals surface area contributed by atoms with Crippen LogP contribution in [0.15, 0.2) is 71.8 Å². The lowest BCUT2D eigenvalue weighted by molar-refractivity contribution is -0.115. The maximum atomic E-state index is 12.2. The predicted octanol–water partition coefficient (Wildman–Crippen LogP) is 3.54. The van der Waals surface area contributed by atoms with Crippen LogP contribution >= 0.6 is 11.3 Å². The standard InChI is InChI=1S/C19H18N2O3S2/c22-18(11-12-26(23,24)17-9-5-2-6-10-17)21-19-20-14-16(25-19)13-15-7-3-1-4-8-15/h1-10,14H,11-13H2,(H,20,21,22). The molecule has 134 valence electrons. The molecule has 0 bridgehead atoms. The van der Waals surface area contributed by atoms with Crippen LogP contribution in [0.3, 0.4) is 0 Å². The highest BCUT2D eigenvalue weighted by Gasteiger charge is 2.16. The first kappa shape index (κ1) is 18.3. The summed E-state index contributed by atoms with van der Waals surface area (Å²) in [5.41, 5.74) is 1.17. The Bertz CT molecular complexity index is 968. The van der Waals surface area contributed by atoms with E-state index in [0.717, 1.165) is 11.3 Å². The lowest BCUT2D eigenvalue weighted by Crippen LogP contribution is -2.17. The van der Waals surface area contributed by atoms with Crippen LogP contribution in [0, 0.1) is 0 Å². The van der Waals surface area contributed by atoms with Gasteiger partial charge in [0.2, 0.25) is 5.91 Å². The number of anilines is 1. The lowest BCUT2D eigenvalue weighted by atomic mass is 10.1. The van der Waals surface area contributed by atoms with Gasteiger partial charge in [-0.3, -0.25) is 4.79 Å². The van der Waals surface area contributed by atoms with E-state index in [2.05, 4.69) is 10.3 Å². The minimum atomic E-state index is -3.46. The molecule has 0 aliphatic rings. The summed E-state index contributed by atoms with van der Waals surface area (Å²) in [7, 11) is -3.46. The van der Waals surface area contributed by atoms with Crippen molar-refractivity contribution in [2.45, 2.75) is 17.7 Å². The van der Waals surface area contributed by atoms with E-state index in [-0.39, 0.29) is 23.0 Å². The summed E-state index contributed by atoms with van der Waals surface area (Å²) < 4.78 is 24.4. The zero-order valence-electron chi connectivity index (χ0n) is 14.0. The van der Waals surface area contributed by atoms with E-state index in [9.17, 15) is 13.2 Å². The van der Waals surface area contributed by atoms with Gasteiger partial charge in [0.1, 0.15) is 0 Å². The maximum Gasteiger partial charge on any atom is 0.227 e. The van der Waals surface area contributed by atoms with E-state index >= 15 is 0 Å². The van der Waals surface area contributed by atoms with Crippen LogP contribution < -0.4 is 5.32 Å². The monoisotopic (exact) mass is 386 g/mol. The number of benzene rings is 2. The molecule has 0 unspecified atom stereocenters. The van der Waals surface area contributed by atoms with Gasteiger partial charge < -0.3 is 5.32 Å². The Hall–Kier alpha value is -2.51. The van der Waals surface area contributed by atoms with E-state index < -0.39 is 9.84 Å². The van der Waals surface area contributed by atoms with Gasteiger partial charge in [0.15, 0.2) is 15.0 Å². The molecule has 5 nitrogen and oxygen atoms in total. The summed E-state index contributed by atoms with van der Waals surface area (Å²) in [6.45, 7) is 0. The second-order valence-electron chi connectivity index (χ2n) is 5.72. The number of sulfone groups is 1. The first-order chi connectivity index (χ1) is 12.5. The predicted molar refractivity (Wildman–Crippen MR) is 103 cm³/mol. The van der Waals surface area contributed by atoms with Gasteiger partial charge in [-0.15, -0.1) is 11.3 Å². The van der Waals surface area contributed by atoms with Crippen molar-refractivity contribution in [3.63, 3.8) is 0 Å². The molecule has 26 heavy (non-hydrogen) atoms. The van der Waals surface area contributed by atoms with E-state index in [1.165, 1.54) is 29.0 Å². The zero-order chi connectivity index (χ0) is 18.4. The van der Waals surface area contributed by atoms with Crippen molar-refractivity contribution in [1.82, 2.24) is 4.98 Å². The molecular weight excluding hydrogens is 368 g/mol. The summed E-state index contributed by atoms with van der Waals surface area (Å²) in [4.78, 5) is 17.5. The third-order valence-corrected chi connectivity index (χ3v) is 6.37. The van der Waals surface area contributed by atoms with Gasteiger partial charge in [-0.05, 0) is 17.7 Å². The minimum absolute atomic E-state index is 0.106. The van der Waals surface area contributed by atoms with Crippen molar-refractivity contribution in [3.05, 3.63) is 77.3 Å². The number of carbonyl (C=O) groups excluding carboxylic acids is 1. The number of hydrogen-bond acceptors (Lipinski definition) is 5. The lowest BCUT2D eigenvalue weighted by Gasteiger charge is -2.04. The zero-order valence-corrected chi connectivity index (χ0v) is 15.6. The van der Waals surface area contributed by atoms with Crippen LogP contribution in [0.5, 0.6) is 0 Å². The van der Waals surface area contributed by atoms with E-state index in [1.54, 1.807) is 24.4 Å². The van der Waals surface area contributed by atoms with Crippen LogP contribution in [0.4, 0.5) is 5.13 Å². The Kier molecular flexibility index (Phi) is 5.80. The average molecular weight is 386 g/mol. The molecule has 0 saturated carbocycles. The molecule has 0 radical (unpaired) electrons. The summed E-state index contributed by atoms with van der Waals surface area (Å²) in [5, 5.41) is 3.16. The van der Waals surface area contributed by atoms with Crippen molar-refractivity contribution < 1.29 is 13.2 Å². The quantitative estimate of drug-likeness (QED) is 0.674. The van der Waals surface area contributed by atoms with Gasteiger partial charge in [0, 0.05) is 23.9 Å². The largest absolute Gasteiger partial charge is 0.302 e. The Morgan fingerprint density at radius 2 is 1.65 bits per heavy atom. The van der Waals surface area contributed by atoms with Gasteiger partial charge in [0.25, 0.3) is 0 Å². The van der Waals surface area contributed by atoms with Gasteiger partial charge in [0.05, 0.1) is 10.6 Å². The molecule has 0 aliphatic carbocycles. The normalized spacial score (nSPS) is 11.2. The van der Waals surface area contributed by atoms with Crippen LogP contribution in [0.25, 0.3) is 0 Å². The molecule has 1 heterocycles. The van der Waals surface area contributed by atoms with Gasteiger partial charge in [-0.25, -0.2) is 13.4 Å². The van der Waals surface area contributed by atoms with E-state index in [0.29, 0.717) is 5.13 Å². The molecule has 3 rings (SSSR count). The number of thiazole rings is 1. The second-order valence-corrected chi connectivity index (χ2v) is 8.95. The number of hydrogen-bond donors (Lipinski definition) is 1. The van der Waals surface area contributed by atoms with Crippen LogP contribution in [-0.2, 0) is 21.1 Å². The second kappa shape index (κ2) is 8.25. The first-order valence-corrected chi connectivity index (χ1v) is 10.6. The van der Waals surface area contributed by atoms with E-state index in [1.807, 2.05) is 30.3 Å². The van der Waals surface area contributed by atoms with Crippen LogP contribution in [0.2, 0.25) is 0 Å².